The van der Waals surface area contributed by atoms with E-state index in [-0.39, 0.29) is 12.4 Å². The summed E-state index contributed by atoms with van der Waals surface area (Å²) in [6, 6.07) is 10.6. The number of ether oxygens (including phenoxy) is 1. The maximum Gasteiger partial charge on any atom is 0.163 e. The van der Waals surface area contributed by atoms with Crippen molar-refractivity contribution >= 4 is 44.9 Å². The summed E-state index contributed by atoms with van der Waals surface area (Å²) in [6.45, 7) is 1.71. The van der Waals surface area contributed by atoms with E-state index >= 15 is 0 Å². The average molecular weight is 374 g/mol. The van der Waals surface area contributed by atoms with E-state index in [1.165, 1.54) is 6.92 Å². The Labute approximate surface area is 135 Å². The third-order valence-electron chi connectivity index (χ3n) is 2.75. The summed E-state index contributed by atoms with van der Waals surface area (Å²) in [5.41, 5.74) is 1.22. The molecular formula is C15H11BrCl2O2. The third-order valence-corrected chi connectivity index (χ3v) is 3.96. The van der Waals surface area contributed by atoms with Crippen LogP contribution in [0.1, 0.15) is 22.8 Å². The number of carbonyl (C=O) groups excluding carboxylic acids is 1. The molecule has 0 N–H and O–H groups in total. The molecule has 0 aromatic heterocycles. The highest BCUT2D eigenvalue weighted by Crippen LogP contribution is 2.28. The van der Waals surface area contributed by atoms with Crippen LogP contribution in [-0.4, -0.2) is 5.78 Å². The molecule has 0 atom stereocenters. The van der Waals surface area contributed by atoms with E-state index in [0.717, 1.165) is 4.47 Å². The number of hydrogen-bond acceptors (Lipinski definition) is 2. The molecule has 2 nitrogen and oxygen atoms in total. The molecule has 2 aromatic rings. The van der Waals surface area contributed by atoms with Crippen LogP contribution in [0.25, 0.3) is 0 Å². The first-order valence-electron chi connectivity index (χ1n) is 5.85. The molecule has 2 rings (SSSR count). The van der Waals surface area contributed by atoms with Crippen LogP contribution in [0.2, 0.25) is 10.0 Å². The minimum atomic E-state index is -0.0634. The molecule has 0 unspecified atom stereocenters. The summed E-state index contributed by atoms with van der Waals surface area (Å²) >= 11 is 15.5. The lowest BCUT2D eigenvalue weighted by atomic mass is 10.1. The quantitative estimate of drug-likeness (QED) is 0.658. The zero-order chi connectivity index (χ0) is 14.7. The Morgan fingerprint density at radius 2 is 1.85 bits per heavy atom. The van der Waals surface area contributed by atoms with Gasteiger partial charge in [0, 0.05) is 20.1 Å². The molecule has 0 fully saturated rings. The first-order chi connectivity index (χ1) is 9.49. The molecule has 0 saturated heterocycles. The first-order valence-corrected chi connectivity index (χ1v) is 7.40. The second-order valence-electron chi connectivity index (χ2n) is 4.19. The van der Waals surface area contributed by atoms with Gasteiger partial charge in [0.1, 0.15) is 12.4 Å². The summed E-state index contributed by atoms with van der Waals surface area (Å²) in [7, 11) is 0. The molecule has 0 heterocycles. The lowest BCUT2D eigenvalue weighted by molar-refractivity contribution is 0.101. The lowest BCUT2D eigenvalue weighted by Gasteiger charge is -2.12. The highest BCUT2D eigenvalue weighted by Gasteiger charge is 2.11. The van der Waals surface area contributed by atoms with Crippen LogP contribution in [0, 0.1) is 0 Å². The minimum Gasteiger partial charge on any atom is -0.488 e. The Morgan fingerprint density at radius 1 is 1.20 bits per heavy atom. The van der Waals surface area contributed by atoms with E-state index in [0.29, 0.717) is 26.9 Å². The molecule has 0 amide bonds. The Hall–Kier alpha value is -1.03. The van der Waals surface area contributed by atoms with E-state index in [9.17, 15) is 4.79 Å². The maximum atomic E-state index is 11.6. The predicted molar refractivity (Wildman–Crippen MR) is 84.9 cm³/mol. The van der Waals surface area contributed by atoms with Gasteiger partial charge in [-0.25, -0.2) is 0 Å². The summed E-state index contributed by atoms with van der Waals surface area (Å²) < 4.78 is 6.52. The Balaban J connectivity index is 2.25. The van der Waals surface area contributed by atoms with Gasteiger partial charge in [-0.3, -0.25) is 4.79 Å². The molecule has 0 aliphatic rings. The van der Waals surface area contributed by atoms with E-state index < -0.39 is 0 Å². The van der Waals surface area contributed by atoms with Crippen LogP contribution >= 0.6 is 39.1 Å². The van der Waals surface area contributed by atoms with Gasteiger partial charge in [-0.05, 0) is 37.3 Å². The molecule has 104 valence electrons. The van der Waals surface area contributed by atoms with Gasteiger partial charge in [0.05, 0.1) is 5.56 Å². The highest BCUT2D eigenvalue weighted by atomic mass is 79.9. The van der Waals surface area contributed by atoms with Crippen molar-refractivity contribution < 1.29 is 9.53 Å². The van der Waals surface area contributed by atoms with Gasteiger partial charge in [0.15, 0.2) is 5.78 Å². The number of rotatable bonds is 4. The van der Waals surface area contributed by atoms with Crippen LogP contribution in [0.3, 0.4) is 0 Å². The van der Waals surface area contributed by atoms with Gasteiger partial charge >= 0.3 is 0 Å². The number of benzene rings is 2. The summed E-state index contributed by atoms with van der Waals surface area (Å²) in [5, 5.41) is 1.08. The number of halogens is 3. The zero-order valence-electron chi connectivity index (χ0n) is 10.6. The predicted octanol–water partition coefficient (Wildman–Crippen LogP) is 5.54. The first kappa shape index (κ1) is 15.4. The lowest BCUT2D eigenvalue weighted by Crippen LogP contribution is -2.02. The molecule has 0 aliphatic carbocycles. The standard InChI is InChI=1S/C15H11BrCl2O2/c1-9(19)11-7-10(16)5-6-15(11)20-8-12-13(17)3-2-4-14(12)18/h2-7H,8H2,1H3. The van der Waals surface area contributed by atoms with Crippen molar-refractivity contribution in [3.8, 4) is 5.75 Å². The van der Waals surface area contributed by atoms with Crippen molar-refractivity contribution in [3.05, 3.63) is 62.0 Å². The molecular weight excluding hydrogens is 363 g/mol. The van der Waals surface area contributed by atoms with Gasteiger partial charge in [-0.15, -0.1) is 0 Å². The molecule has 20 heavy (non-hydrogen) atoms. The largest absolute Gasteiger partial charge is 0.488 e. The molecule has 0 bridgehead atoms. The fourth-order valence-electron chi connectivity index (χ4n) is 1.72. The Morgan fingerprint density at radius 3 is 2.45 bits per heavy atom. The van der Waals surface area contributed by atoms with Crippen molar-refractivity contribution in [3.63, 3.8) is 0 Å². The molecule has 2 aromatic carbocycles. The second-order valence-corrected chi connectivity index (χ2v) is 5.92. The molecule has 5 heteroatoms. The van der Waals surface area contributed by atoms with Crippen LogP contribution in [-0.2, 0) is 6.61 Å². The van der Waals surface area contributed by atoms with Gasteiger partial charge in [-0.2, -0.15) is 0 Å². The monoisotopic (exact) mass is 372 g/mol. The third kappa shape index (κ3) is 3.54. The van der Waals surface area contributed by atoms with E-state index in [2.05, 4.69) is 15.9 Å². The summed E-state index contributed by atoms with van der Waals surface area (Å²) in [5.74, 6) is 0.447. The minimum absolute atomic E-state index is 0.0634. The van der Waals surface area contributed by atoms with Gasteiger partial charge in [0.2, 0.25) is 0 Å². The average Bonchev–Trinajstić information content (AvgIpc) is 2.39. The topological polar surface area (TPSA) is 26.3 Å². The SMILES string of the molecule is CC(=O)c1cc(Br)ccc1OCc1c(Cl)cccc1Cl. The molecule has 0 saturated carbocycles. The van der Waals surface area contributed by atoms with Crippen LogP contribution in [0.4, 0.5) is 0 Å². The van der Waals surface area contributed by atoms with Crippen molar-refractivity contribution in [1.82, 2.24) is 0 Å². The van der Waals surface area contributed by atoms with Gasteiger partial charge < -0.3 is 4.74 Å². The van der Waals surface area contributed by atoms with E-state index in [1.807, 2.05) is 6.07 Å². The van der Waals surface area contributed by atoms with Crippen molar-refractivity contribution in [2.24, 2.45) is 0 Å². The van der Waals surface area contributed by atoms with Crippen molar-refractivity contribution in [2.75, 3.05) is 0 Å². The van der Waals surface area contributed by atoms with E-state index in [1.54, 1.807) is 30.3 Å². The molecule has 0 radical (unpaired) electrons. The van der Waals surface area contributed by atoms with Crippen molar-refractivity contribution in [1.29, 1.82) is 0 Å². The number of hydrogen-bond donors (Lipinski definition) is 0. The van der Waals surface area contributed by atoms with Gasteiger partial charge in [-0.1, -0.05) is 45.2 Å². The van der Waals surface area contributed by atoms with Crippen molar-refractivity contribution in [2.45, 2.75) is 13.5 Å². The smallest absolute Gasteiger partial charge is 0.163 e. The fraction of sp³-hybridized carbons (Fsp3) is 0.133. The van der Waals surface area contributed by atoms with E-state index in [4.69, 9.17) is 27.9 Å². The van der Waals surface area contributed by atoms with Crippen LogP contribution in [0.15, 0.2) is 40.9 Å². The fourth-order valence-corrected chi connectivity index (χ4v) is 2.59. The Bertz CT molecular complexity index is 636. The maximum absolute atomic E-state index is 11.6. The normalized spacial score (nSPS) is 10.4. The second kappa shape index (κ2) is 6.61. The van der Waals surface area contributed by atoms with Gasteiger partial charge in [0.25, 0.3) is 0 Å². The number of ketones is 1. The molecule has 0 aliphatic heterocycles. The summed E-state index contributed by atoms with van der Waals surface area (Å²) in [4.78, 5) is 11.6. The zero-order valence-corrected chi connectivity index (χ0v) is 13.7. The Kier molecular flexibility index (Phi) is 5.08. The highest BCUT2D eigenvalue weighted by molar-refractivity contribution is 9.10. The molecule has 0 spiro atoms. The number of Topliss-reactive ketones (excluding diaryl/α,β-unsaturated/α-hetero) is 1. The summed E-state index contributed by atoms with van der Waals surface area (Å²) in [6.07, 6.45) is 0. The van der Waals surface area contributed by atoms with Crippen LogP contribution in [0.5, 0.6) is 5.75 Å². The van der Waals surface area contributed by atoms with Crippen LogP contribution < -0.4 is 4.74 Å². The number of carbonyl (C=O) groups is 1.